The molecule has 4 fully saturated rings. The van der Waals surface area contributed by atoms with Crippen LogP contribution in [0, 0.1) is 0 Å². The lowest BCUT2D eigenvalue weighted by Gasteiger charge is -2.42. The first-order chi connectivity index (χ1) is 50.7. The van der Waals surface area contributed by atoms with Gasteiger partial charge in [-0.1, -0.05) is 34.1 Å². The Hall–Kier alpha value is -3.48. The fourth-order valence-corrected chi connectivity index (χ4v) is 10.1. The van der Waals surface area contributed by atoms with E-state index in [1.165, 1.54) is 6.92 Å². The topological polar surface area (TPSA) is 805 Å². The number of amides is 3. The highest BCUT2D eigenvalue weighted by Gasteiger charge is 2.52. The molecule has 34 N–H and O–H groups in total. The molecule has 4 aliphatic heterocycles. The number of rotatable bonds is 40. The monoisotopic (exact) mass is 1580 g/mol. The summed E-state index contributed by atoms with van der Waals surface area (Å²) in [5.74, 6) is -3.52. The molecule has 4 saturated heterocycles. The molecular formula is C61H117N3O43. The Kier molecular flexibility index (Phi) is 47.7. The summed E-state index contributed by atoms with van der Waals surface area (Å²) in [5, 5.41) is 309. The molecule has 0 aromatic rings. The van der Waals surface area contributed by atoms with Crippen molar-refractivity contribution in [1.82, 2.24) is 16.0 Å². The number of likely N-dealkylation sites (N-methyl/N-ethyl adjacent to an activating group) is 1. The molecule has 46 heteroatoms. The van der Waals surface area contributed by atoms with Crippen LogP contribution in [-0.2, 0) is 57.1 Å². The molecule has 107 heavy (non-hydrogen) atoms. The van der Waals surface area contributed by atoms with Crippen molar-refractivity contribution >= 4 is 23.5 Å². The molecule has 0 bridgehead atoms. The summed E-state index contributed by atoms with van der Waals surface area (Å²) in [6.07, 6.45) is -60.1. The Bertz CT molecular complexity index is 2450. The first-order valence-corrected chi connectivity index (χ1v) is 34.2. The van der Waals surface area contributed by atoms with Crippen molar-refractivity contribution < 1.29 is 217 Å². The van der Waals surface area contributed by atoms with Gasteiger partial charge in [0.25, 0.3) is 17.7 Å². The number of carbonyl (C=O) groups is 4. The summed E-state index contributed by atoms with van der Waals surface area (Å²) in [6, 6.07) is 0. The lowest BCUT2D eigenvalue weighted by molar-refractivity contribution is -0.326. The SMILES string of the molecule is CCCCC(=O)[C@H](O)[C@@H](O[C@H]1O[C@H](CO)[C@@H](O)[C@H](O)[C@H]1O)[C@H](O)[C@H](O)CO.CCCNC(=O)[C@H](O)[C@@H](O)[C@H](O)[C@H](O)CO[C@H]1O[C@H](CO)[C@@H](O)[C@H](O)[C@H]1O.CCCNC(=O)[C@H](O)[C@@H](O)[C@H](O[C@@H]1O[C@H](CO)[C@@H](O)[C@H](O)[C@H]1O)[C@H](O)CO.[2H]CCNC(=O)[C@H](O[C@@H]1O[C@H](CO)[C@@H](O)[C@H](O)[C@H]1O)[C@@H](O)[C@H](O)[C@H](O)CC. The van der Waals surface area contributed by atoms with Gasteiger partial charge < -0.3 is 212 Å². The first kappa shape index (κ1) is 99.6. The highest BCUT2D eigenvalue weighted by Crippen LogP contribution is 2.30. The van der Waals surface area contributed by atoms with Gasteiger partial charge in [0, 0.05) is 27.4 Å². The van der Waals surface area contributed by atoms with E-state index in [-0.39, 0.29) is 39.4 Å². The van der Waals surface area contributed by atoms with Crippen molar-refractivity contribution in [3.05, 3.63) is 0 Å². The minimum absolute atomic E-state index is 0.0336. The largest absolute Gasteiger partial charge is 0.394 e. The van der Waals surface area contributed by atoms with Crippen molar-refractivity contribution in [2.75, 3.05) is 65.9 Å². The van der Waals surface area contributed by atoms with Crippen molar-refractivity contribution in [2.24, 2.45) is 0 Å². The zero-order valence-corrected chi connectivity index (χ0v) is 59.1. The van der Waals surface area contributed by atoms with Crippen LogP contribution in [-0.4, -0.2) is 468 Å². The Morgan fingerprint density at radius 3 is 1.13 bits per heavy atom. The summed E-state index contributed by atoms with van der Waals surface area (Å²) in [4.78, 5) is 47.7. The second-order valence-corrected chi connectivity index (χ2v) is 25.1. The summed E-state index contributed by atoms with van der Waals surface area (Å²) in [5.41, 5.74) is 0. The van der Waals surface area contributed by atoms with E-state index in [1.54, 1.807) is 13.8 Å². The molecule has 0 saturated carbocycles. The number of aliphatic hydroxyl groups is 31. The number of aliphatic hydroxyl groups excluding tert-OH is 31. The predicted octanol–water partition coefficient (Wildman–Crippen LogP) is -18.6. The normalized spacial score (nSPS) is 33.5. The van der Waals surface area contributed by atoms with Crippen molar-refractivity contribution in [1.29, 1.82) is 0 Å². The smallest absolute Gasteiger partial charge is 0.252 e. The van der Waals surface area contributed by atoms with Crippen molar-refractivity contribution in [2.45, 2.75) is 294 Å². The average Bonchev–Trinajstić information content (AvgIpc) is 0.818. The molecule has 4 aliphatic rings. The number of hydrogen-bond acceptors (Lipinski definition) is 43. The van der Waals surface area contributed by atoms with Gasteiger partial charge in [-0.15, -0.1) is 0 Å². The lowest BCUT2D eigenvalue weighted by atomic mass is 9.96. The van der Waals surface area contributed by atoms with Crippen LogP contribution < -0.4 is 16.0 Å². The van der Waals surface area contributed by atoms with Gasteiger partial charge in [-0.05, 0) is 32.6 Å². The maximum atomic E-state index is 12.3. The maximum absolute atomic E-state index is 12.3. The Morgan fingerprint density at radius 1 is 0.383 bits per heavy atom. The average molecular weight is 1580 g/mol. The second kappa shape index (κ2) is 51.3. The molecule has 0 aromatic heterocycles. The van der Waals surface area contributed by atoms with E-state index in [2.05, 4.69) is 16.0 Å². The molecule has 4 rings (SSSR count). The van der Waals surface area contributed by atoms with Crippen molar-refractivity contribution in [3.63, 3.8) is 0 Å². The Labute approximate surface area is 614 Å². The van der Waals surface area contributed by atoms with Crippen molar-refractivity contribution in [3.8, 4) is 0 Å². The third-order valence-corrected chi connectivity index (χ3v) is 17.0. The number of ether oxygens (including phenoxy) is 8. The number of unbranched alkanes of at least 4 members (excludes halogenated alkanes) is 1. The molecule has 0 aromatic carbocycles. The van der Waals surface area contributed by atoms with Crippen LogP contribution in [0.3, 0.4) is 0 Å². The lowest BCUT2D eigenvalue weighted by Crippen LogP contribution is -2.62. The second-order valence-electron chi connectivity index (χ2n) is 25.1. The number of nitrogens with one attached hydrogen (secondary N) is 3. The highest BCUT2D eigenvalue weighted by atomic mass is 16.7. The Morgan fingerprint density at radius 2 is 0.757 bits per heavy atom. The van der Waals surface area contributed by atoms with Crippen LogP contribution in [0.4, 0.5) is 0 Å². The van der Waals surface area contributed by atoms with Crippen LogP contribution in [0.1, 0.15) is 74.5 Å². The third kappa shape index (κ3) is 29.8. The molecule has 0 aliphatic carbocycles. The van der Waals surface area contributed by atoms with Gasteiger partial charge in [-0.2, -0.15) is 0 Å². The van der Waals surface area contributed by atoms with Gasteiger partial charge in [-0.25, -0.2) is 0 Å². The van der Waals surface area contributed by atoms with Gasteiger partial charge in [0.2, 0.25) is 0 Å². The summed E-state index contributed by atoms with van der Waals surface area (Å²) >= 11 is 0. The van der Waals surface area contributed by atoms with Gasteiger partial charge in [0.1, 0.15) is 171 Å². The fraction of sp³-hybridized carbons (Fsp3) is 0.934. The van der Waals surface area contributed by atoms with Crippen LogP contribution in [0.5, 0.6) is 0 Å². The van der Waals surface area contributed by atoms with E-state index in [0.29, 0.717) is 25.7 Å². The number of carbonyl (C=O) groups excluding carboxylic acids is 4. The summed E-state index contributed by atoms with van der Waals surface area (Å²) < 4.78 is 48.2. The number of hydrogen-bond donors (Lipinski definition) is 34. The molecule has 0 spiro atoms. The standard InChI is InChI=1S/C16H30O11.2C15H29NO11.C15H29NO10/c1-2-3-4-7(19)10(21)15(11(22)8(20)5-17)27-16-14(25)13(24)12(23)9(6-18)26-16;1-2-3-16-14(25)12(23)10(21)8(19)6(18)5-26-15-13(24)11(22)9(20)7(4-17)27-15;1-2-3-16-14(25)11(23)10(22)13(6(19)4-17)27-15-12(24)9(21)8(20)7(5-18)26-15;1-3-6(18)8(19)11(22)13(14(24)16-4-2)26-15-12(23)10(21)9(20)7(5-17)25-15/h8-18,20-25H,2-6H2,1H3;2*6-13,15,17-24H,2-5H2,1H3,(H,16,25);6-13,15,17-23H,3-5H2,1-2H3,(H,16,24)/t8-,9-,10+,11-,12-,13+,14-,15-,16-;6-,7-,8-,9-,10+,11+,12-,13-,15+;6-,7-,8-,9+,10-,11-,12-,13-,15+;6-,7-,8-,9-,10+,11+,12-,13-,15+/m1111/s1/i;;;2D. The van der Waals surface area contributed by atoms with Crippen LogP contribution in [0.2, 0.25) is 0 Å². The zero-order chi connectivity index (χ0) is 82.9. The molecule has 36 atom stereocenters. The van der Waals surface area contributed by atoms with Crippen LogP contribution in [0.25, 0.3) is 0 Å². The van der Waals surface area contributed by atoms with Gasteiger partial charge in [-0.3, -0.25) is 19.2 Å². The molecular weight excluding hydrogens is 1460 g/mol. The van der Waals surface area contributed by atoms with Crippen LogP contribution >= 0.6 is 0 Å². The van der Waals surface area contributed by atoms with Crippen LogP contribution in [0.15, 0.2) is 0 Å². The first-order valence-electron chi connectivity index (χ1n) is 34.9. The molecule has 0 unspecified atom stereocenters. The van der Waals surface area contributed by atoms with E-state index in [1.807, 2.05) is 6.92 Å². The molecule has 634 valence electrons. The minimum Gasteiger partial charge on any atom is -0.394 e. The molecule has 3 amide bonds. The van der Waals surface area contributed by atoms with E-state index < -0.39 is 290 Å². The molecule has 0 radical (unpaired) electrons. The fourth-order valence-electron chi connectivity index (χ4n) is 10.1. The third-order valence-electron chi connectivity index (χ3n) is 17.0. The van der Waals surface area contributed by atoms with Gasteiger partial charge >= 0.3 is 0 Å². The minimum atomic E-state index is -2.03. The number of ketones is 1. The predicted molar refractivity (Wildman–Crippen MR) is 348 cm³/mol. The maximum Gasteiger partial charge on any atom is 0.252 e. The van der Waals surface area contributed by atoms with Gasteiger partial charge in [0.15, 0.2) is 49.3 Å². The summed E-state index contributed by atoms with van der Waals surface area (Å²) in [6.45, 7) is 1.72. The number of Topliss-reactive ketones (excluding diaryl/α,β-unsaturated/α-hetero) is 1. The Balaban J connectivity index is 0.000000720. The van der Waals surface area contributed by atoms with E-state index in [9.17, 15) is 157 Å². The zero-order valence-electron chi connectivity index (χ0n) is 60.1. The van der Waals surface area contributed by atoms with E-state index in [4.69, 9.17) is 59.7 Å². The summed E-state index contributed by atoms with van der Waals surface area (Å²) in [7, 11) is 0. The van der Waals surface area contributed by atoms with E-state index in [0.717, 1.165) is 0 Å². The molecule has 4 heterocycles. The highest BCUT2D eigenvalue weighted by molar-refractivity contribution is 5.83. The van der Waals surface area contributed by atoms with E-state index >= 15 is 0 Å². The quantitative estimate of drug-likeness (QED) is 0.0271. The van der Waals surface area contributed by atoms with Gasteiger partial charge in [0.05, 0.1) is 52.4 Å². The molecule has 46 nitrogen and oxygen atoms in total.